The highest BCUT2D eigenvalue weighted by molar-refractivity contribution is 6.15. The summed E-state index contributed by atoms with van der Waals surface area (Å²) in [6.45, 7) is 0. The molecule has 0 spiro atoms. The third-order valence-corrected chi connectivity index (χ3v) is 4.72. The topological polar surface area (TPSA) is 153 Å². The first kappa shape index (κ1) is 22.1. The molecule has 6 N–H and O–H groups in total. The van der Waals surface area contributed by atoms with Crippen molar-refractivity contribution in [3.8, 4) is 11.5 Å². The van der Waals surface area contributed by atoms with E-state index in [0.29, 0.717) is 11.4 Å². The van der Waals surface area contributed by atoms with E-state index in [-0.39, 0.29) is 35.2 Å². The largest absolute Gasteiger partial charge is 0.508 e. The van der Waals surface area contributed by atoms with Crippen LogP contribution in [0.5, 0.6) is 11.5 Å². The minimum Gasteiger partial charge on any atom is -0.508 e. The molecule has 2 aromatic rings. The minimum atomic E-state index is -0.291. The predicted molar refractivity (Wildman–Crippen MR) is 119 cm³/mol. The molecule has 0 saturated carbocycles. The Balaban J connectivity index is 0.000000181. The molecule has 164 valence electrons. The Morgan fingerprint density at radius 1 is 0.688 bits per heavy atom. The molecule has 0 aromatic heterocycles. The summed E-state index contributed by atoms with van der Waals surface area (Å²) in [5.74, 6) is -0.0931. The van der Waals surface area contributed by atoms with E-state index in [1.54, 1.807) is 74.8 Å². The van der Waals surface area contributed by atoms with E-state index in [1.165, 1.54) is 9.80 Å². The van der Waals surface area contributed by atoms with Gasteiger partial charge in [-0.1, -0.05) is 24.3 Å². The van der Waals surface area contributed by atoms with Crippen LogP contribution in [0.25, 0.3) is 12.2 Å². The fourth-order valence-corrected chi connectivity index (χ4v) is 2.84. The minimum absolute atomic E-state index is 0.0648. The number of carbonyl (C=O) groups excluding carboxylic acids is 2. The third kappa shape index (κ3) is 4.93. The van der Waals surface area contributed by atoms with Gasteiger partial charge in [-0.25, -0.2) is 0 Å². The zero-order valence-electron chi connectivity index (χ0n) is 17.4. The first-order valence-corrected chi connectivity index (χ1v) is 9.44. The first-order chi connectivity index (χ1) is 15.2. The van der Waals surface area contributed by atoms with Gasteiger partial charge in [0.1, 0.15) is 22.9 Å². The number of aromatic hydroxyl groups is 2. The van der Waals surface area contributed by atoms with Gasteiger partial charge in [0.2, 0.25) is 11.9 Å². The maximum atomic E-state index is 11.5. The van der Waals surface area contributed by atoms with Crippen LogP contribution >= 0.6 is 0 Å². The lowest BCUT2D eigenvalue weighted by Crippen LogP contribution is -2.25. The second-order valence-electron chi connectivity index (χ2n) is 6.97. The van der Waals surface area contributed by atoms with Gasteiger partial charge in [0.15, 0.2) is 0 Å². The van der Waals surface area contributed by atoms with Crippen molar-refractivity contribution in [2.24, 2.45) is 0 Å². The summed E-state index contributed by atoms with van der Waals surface area (Å²) in [6, 6.07) is 13.0. The Bertz CT molecular complexity index is 1040. The third-order valence-electron chi connectivity index (χ3n) is 4.72. The molecule has 2 aliphatic heterocycles. The molecule has 2 heterocycles. The highest BCUT2D eigenvalue weighted by Crippen LogP contribution is 2.17. The van der Waals surface area contributed by atoms with Crippen LogP contribution in [0.4, 0.5) is 0 Å². The van der Waals surface area contributed by atoms with Crippen LogP contribution in [-0.4, -0.2) is 57.8 Å². The number of benzene rings is 2. The molecule has 4 rings (SSSR count). The van der Waals surface area contributed by atoms with Crippen LogP contribution in [0.2, 0.25) is 0 Å². The van der Waals surface area contributed by atoms with E-state index in [0.717, 1.165) is 11.1 Å². The van der Waals surface area contributed by atoms with E-state index in [2.05, 4.69) is 10.6 Å². The molecule has 2 fully saturated rings. The number of hydrogen-bond donors (Lipinski definition) is 6. The maximum Gasteiger partial charge on any atom is 0.274 e. The summed E-state index contributed by atoms with van der Waals surface area (Å²) in [5.41, 5.74) is 2.42. The molecule has 2 aromatic carbocycles. The van der Waals surface area contributed by atoms with Gasteiger partial charge in [-0.3, -0.25) is 31.0 Å². The highest BCUT2D eigenvalue weighted by atomic mass is 16.3. The van der Waals surface area contributed by atoms with E-state index >= 15 is 0 Å². The lowest BCUT2D eigenvalue weighted by atomic mass is 10.2. The van der Waals surface area contributed by atoms with Gasteiger partial charge in [-0.15, -0.1) is 0 Å². The zero-order valence-corrected chi connectivity index (χ0v) is 17.4. The number of likely N-dealkylation sites (N-methyl/N-ethyl adjacent to an activating group) is 2. The van der Waals surface area contributed by atoms with Gasteiger partial charge in [0.05, 0.1) is 0 Å². The molecule has 2 aliphatic rings. The average molecular weight is 434 g/mol. The summed E-state index contributed by atoms with van der Waals surface area (Å²) in [7, 11) is 3.29. The Kier molecular flexibility index (Phi) is 6.24. The van der Waals surface area contributed by atoms with Gasteiger partial charge in [0.25, 0.3) is 11.8 Å². The number of guanidine groups is 2. The summed E-state index contributed by atoms with van der Waals surface area (Å²) >= 11 is 0. The molecule has 2 saturated heterocycles. The lowest BCUT2D eigenvalue weighted by molar-refractivity contribution is -0.116. The van der Waals surface area contributed by atoms with Crippen molar-refractivity contribution in [1.29, 1.82) is 10.8 Å². The van der Waals surface area contributed by atoms with E-state index in [9.17, 15) is 9.59 Å². The van der Waals surface area contributed by atoms with Gasteiger partial charge in [-0.2, -0.15) is 0 Å². The van der Waals surface area contributed by atoms with Crippen molar-refractivity contribution < 1.29 is 19.8 Å². The predicted octanol–water partition coefficient (Wildman–Crippen LogP) is 1.46. The molecular weight excluding hydrogens is 412 g/mol. The fourth-order valence-electron chi connectivity index (χ4n) is 2.84. The second kappa shape index (κ2) is 9.04. The number of phenolic OH excluding ortho intramolecular Hbond substituents is 2. The first-order valence-electron chi connectivity index (χ1n) is 9.44. The fraction of sp³-hybridized carbons (Fsp3) is 0.0909. The molecule has 10 heteroatoms. The number of nitrogens with zero attached hydrogens (tertiary/aromatic N) is 2. The van der Waals surface area contributed by atoms with Crippen LogP contribution in [0.1, 0.15) is 11.1 Å². The highest BCUT2D eigenvalue weighted by Gasteiger charge is 2.27. The smallest absolute Gasteiger partial charge is 0.274 e. The normalized spacial score (nSPS) is 18.1. The number of carbonyl (C=O) groups is 2. The second-order valence-corrected chi connectivity index (χ2v) is 6.97. The molecule has 0 radical (unpaired) electrons. The van der Waals surface area contributed by atoms with Gasteiger partial charge < -0.3 is 20.0 Å². The van der Waals surface area contributed by atoms with Gasteiger partial charge in [0, 0.05) is 14.1 Å². The molecule has 0 bridgehead atoms. The van der Waals surface area contributed by atoms with Crippen LogP contribution in [0.3, 0.4) is 0 Å². The standard InChI is InChI=1S/2C11H11N3O2/c2*1-14-9(10(16)13-11(14)12)6-7-2-4-8(15)5-3-7/h2*2-6,15H,1H3,(H2,12,13,16). The molecule has 0 unspecified atom stereocenters. The molecule has 0 atom stereocenters. The number of phenols is 2. The van der Waals surface area contributed by atoms with Crippen LogP contribution in [0, 0.1) is 10.8 Å². The van der Waals surface area contributed by atoms with Gasteiger partial charge in [-0.05, 0) is 47.5 Å². The number of hydrogen-bond acceptors (Lipinski definition) is 6. The Labute approximate surface area is 184 Å². The Morgan fingerprint density at radius 2 is 1.00 bits per heavy atom. The molecular formula is C22H22N6O4. The number of rotatable bonds is 2. The average Bonchev–Trinajstić information content (AvgIpc) is 3.14. The lowest BCUT2D eigenvalue weighted by Gasteiger charge is -2.08. The Morgan fingerprint density at radius 3 is 1.25 bits per heavy atom. The van der Waals surface area contributed by atoms with Gasteiger partial charge >= 0.3 is 0 Å². The molecule has 32 heavy (non-hydrogen) atoms. The maximum absolute atomic E-state index is 11.5. The van der Waals surface area contributed by atoms with E-state index in [4.69, 9.17) is 21.0 Å². The van der Waals surface area contributed by atoms with Crippen LogP contribution in [0.15, 0.2) is 59.9 Å². The number of nitrogens with one attached hydrogen (secondary N) is 4. The molecule has 0 aliphatic carbocycles. The van der Waals surface area contributed by atoms with Crippen molar-refractivity contribution in [3.63, 3.8) is 0 Å². The monoisotopic (exact) mass is 434 g/mol. The van der Waals surface area contributed by atoms with Crippen LogP contribution in [-0.2, 0) is 9.59 Å². The molecule has 2 amide bonds. The molecule has 10 nitrogen and oxygen atoms in total. The summed E-state index contributed by atoms with van der Waals surface area (Å²) < 4.78 is 0. The van der Waals surface area contributed by atoms with E-state index < -0.39 is 0 Å². The number of amides is 2. The van der Waals surface area contributed by atoms with Crippen molar-refractivity contribution in [2.75, 3.05) is 14.1 Å². The van der Waals surface area contributed by atoms with Crippen LogP contribution < -0.4 is 10.6 Å². The Hall–Kier alpha value is -4.60. The summed E-state index contributed by atoms with van der Waals surface area (Å²) in [5, 5.41) is 37.9. The summed E-state index contributed by atoms with van der Waals surface area (Å²) in [6.07, 6.45) is 3.33. The van der Waals surface area contributed by atoms with Crippen molar-refractivity contribution >= 4 is 35.9 Å². The quantitative estimate of drug-likeness (QED) is 0.394. The summed E-state index contributed by atoms with van der Waals surface area (Å²) in [4.78, 5) is 25.8. The zero-order chi connectivity index (χ0) is 23.4. The SMILES string of the molecule is CN1C(=N)NC(=O)C1=Cc1ccc(O)cc1.CN1C(=N)NC(=O)C1=Cc1ccc(O)cc1. The van der Waals surface area contributed by atoms with Crippen molar-refractivity contribution in [1.82, 2.24) is 20.4 Å². The van der Waals surface area contributed by atoms with E-state index in [1.807, 2.05) is 0 Å². The van der Waals surface area contributed by atoms with Crippen molar-refractivity contribution in [3.05, 3.63) is 71.1 Å². The van der Waals surface area contributed by atoms with Crippen molar-refractivity contribution in [2.45, 2.75) is 0 Å².